The molecule has 0 aliphatic rings. The van der Waals surface area contributed by atoms with Crippen LogP contribution in [0.4, 0.5) is 23.2 Å². The van der Waals surface area contributed by atoms with Gasteiger partial charge in [-0.3, -0.25) is 9.59 Å². The molecular weight excluding hydrogens is 608 g/mol. The van der Waals surface area contributed by atoms with Crippen LogP contribution < -0.4 is 10.6 Å². The number of carbonyl (C=O) groups excluding carboxylic acids is 2. The first-order chi connectivity index (χ1) is 21.9. The predicted octanol–water partition coefficient (Wildman–Crippen LogP) is 6.55. The highest BCUT2D eigenvalue weighted by atomic mass is 19.4. The van der Waals surface area contributed by atoms with Gasteiger partial charge in [-0.2, -0.15) is 18.2 Å². The summed E-state index contributed by atoms with van der Waals surface area (Å²) >= 11 is 0. The first-order valence-electron chi connectivity index (χ1n) is 13.7. The van der Waals surface area contributed by atoms with Crippen molar-refractivity contribution in [3.63, 3.8) is 0 Å². The summed E-state index contributed by atoms with van der Waals surface area (Å²) in [5.74, 6) is -4.59. The highest BCUT2D eigenvalue weighted by Crippen LogP contribution is 2.30. The minimum Gasteiger partial charge on any atom is -0.480 e. The number of halogens is 4. The Bertz CT molecular complexity index is 1900. The number of benzene rings is 4. The molecular formula is C33H24F4N4O5. The van der Waals surface area contributed by atoms with Gasteiger partial charge in [0.1, 0.15) is 11.9 Å². The molecule has 2 amide bonds. The van der Waals surface area contributed by atoms with Crippen LogP contribution in [0.1, 0.15) is 37.7 Å². The summed E-state index contributed by atoms with van der Waals surface area (Å²) in [6.07, 6.45) is -4.79. The quantitative estimate of drug-likeness (QED) is 0.157. The maximum Gasteiger partial charge on any atom is 0.416 e. The van der Waals surface area contributed by atoms with Gasteiger partial charge in [-0.15, -0.1) is 0 Å². The third-order valence-corrected chi connectivity index (χ3v) is 6.92. The molecule has 1 unspecified atom stereocenters. The first kappa shape index (κ1) is 31.6. The fourth-order valence-corrected chi connectivity index (χ4v) is 4.48. The van der Waals surface area contributed by atoms with Crippen molar-refractivity contribution in [1.29, 1.82) is 0 Å². The van der Waals surface area contributed by atoms with Crippen LogP contribution in [-0.2, 0) is 17.4 Å². The van der Waals surface area contributed by atoms with E-state index in [9.17, 15) is 32.7 Å². The molecule has 0 saturated heterocycles. The van der Waals surface area contributed by atoms with Crippen LogP contribution in [0.5, 0.6) is 0 Å². The zero-order valence-electron chi connectivity index (χ0n) is 23.9. The van der Waals surface area contributed by atoms with Crippen LogP contribution >= 0.6 is 0 Å². The van der Waals surface area contributed by atoms with Crippen molar-refractivity contribution in [2.24, 2.45) is 0 Å². The smallest absolute Gasteiger partial charge is 0.416 e. The fourth-order valence-electron chi connectivity index (χ4n) is 4.48. The molecule has 0 fully saturated rings. The third kappa shape index (κ3) is 7.44. The number of aromatic nitrogens is 2. The van der Waals surface area contributed by atoms with Gasteiger partial charge in [0.2, 0.25) is 5.82 Å². The number of carboxylic acids is 1. The van der Waals surface area contributed by atoms with E-state index in [1.54, 1.807) is 18.2 Å². The summed E-state index contributed by atoms with van der Waals surface area (Å²) in [5, 5.41) is 18.2. The molecule has 0 spiro atoms. The van der Waals surface area contributed by atoms with Crippen LogP contribution in [0.3, 0.4) is 0 Å². The van der Waals surface area contributed by atoms with Crippen LogP contribution in [0, 0.1) is 12.7 Å². The molecule has 0 radical (unpaired) electrons. The van der Waals surface area contributed by atoms with Crippen LogP contribution in [0.15, 0.2) is 95.5 Å². The summed E-state index contributed by atoms with van der Waals surface area (Å²) in [5.41, 5.74) is 2.21. The molecule has 9 nitrogen and oxygen atoms in total. The lowest BCUT2D eigenvalue weighted by Gasteiger charge is -2.15. The second kappa shape index (κ2) is 13.0. The number of aryl methyl sites for hydroxylation is 1. The Morgan fingerprint density at radius 2 is 1.61 bits per heavy atom. The molecule has 1 atom stereocenters. The Morgan fingerprint density at radius 1 is 0.891 bits per heavy atom. The van der Waals surface area contributed by atoms with E-state index in [2.05, 4.69) is 20.8 Å². The fraction of sp³-hybridized carbons (Fsp3) is 0.121. The standard InChI is InChI=1S/C33H24F4N4O5/c1-18-5-8-20(9-6-18)21-3-2-4-22(17-21)29(42)39-27(32(44)45)16-19-7-14-25(26(34)15-19)28-40-31(46-41-28)30(43)38-24-12-10-23(11-13-24)33(35,36)37/h2-15,17,27H,16H2,1H3,(H,38,43)(H,39,42)(H,44,45). The summed E-state index contributed by atoms with van der Waals surface area (Å²) in [6, 6.07) is 20.5. The molecule has 46 heavy (non-hydrogen) atoms. The number of hydrogen-bond acceptors (Lipinski definition) is 6. The second-order valence-corrected chi connectivity index (χ2v) is 10.3. The molecule has 5 rings (SSSR count). The molecule has 0 bridgehead atoms. The number of carboxylic acid groups (broad SMARTS) is 1. The van der Waals surface area contributed by atoms with E-state index in [1.165, 1.54) is 12.1 Å². The zero-order chi connectivity index (χ0) is 33.0. The Labute approximate surface area is 258 Å². The van der Waals surface area contributed by atoms with Gasteiger partial charge in [-0.1, -0.05) is 53.2 Å². The number of rotatable bonds is 9. The van der Waals surface area contributed by atoms with E-state index in [-0.39, 0.29) is 34.6 Å². The third-order valence-electron chi connectivity index (χ3n) is 6.92. The molecule has 13 heteroatoms. The van der Waals surface area contributed by atoms with Gasteiger partial charge in [0, 0.05) is 17.7 Å². The Kier molecular flexibility index (Phi) is 8.94. The Balaban J connectivity index is 1.25. The number of aliphatic carboxylic acids is 1. The van der Waals surface area contributed by atoms with Crippen molar-refractivity contribution in [1.82, 2.24) is 15.5 Å². The lowest BCUT2D eigenvalue weighted by Crippen LogP contribution is -2.42. The number of alkyl halides is 3. The van der Waals surface area contributed by atoms with Gasteiger partial charge < -0.3 is 20.3 Å². The van der Waals surface area contributed by atoms with Crippen molar-refractivity contribution in [2.75, 3.05) is 5.32 Å². The molecule has 4 aromatic carbocycles. The van der Waals surface area contributed by atoms with Crippen molar-refractivity contribution >= 4 is 23.5 Å². The second-order valence-electron chi connectivity index (χ2n) is 10.3. The van der Waals surface area contributed by atoms with Crippen LogP contribution in [0.2, 0.25) is 0 Å². The summed E-state index contributed by atoms with van der Waals surface area (Å²) in [7, 11) is 0. The van der Waals surface area contributed by atoms with E-state index in [1.807, 2.05) is 37.3 Å². The number of nitrogens with zero attached hydrogens (tertiary/aromatic N) is 2. The molecule has 0 aliphatic carbocycles. The van der Waals surface area contributed by atoms with Crippen molar-refractivity contribution < 1.29 is 41.6 Å². The maximum atomic E-state index is 15.1. The van der Waals surface area contributed by atoms with Gasteiger partial charge in [0.25, 0.3) is 5.91 Å². The minimum atomic E-state index is -4.54. The highest BCUT2D eigenvalue weighted by Gasteiger charge is 2.30. The van der Waals surface area contributed by atoms with Crippen LogP contribution in [-0.4, -0.2) is 39.1 Å². The van der Waals surface area contributed by atoms with E-state index in [0.29, 0.717) is 0 Å². The first-order valence-corrected chi connectivity index (χ1v) is 13.7. The number of nitrogens with one attached hydrogen (secondary N) is 2. The van der Waals surface area contributed by atoms with Crippen molar-refractivity contribution in [3.05, 3.63) is 125 Å². The molecule has 0 aliphatic heterocycles. The van der Waals surface area contributed by atoms with Gasteiger partial charge in [0.15, 0.2) is 0 Å². The summed E-state index contributed by atoms with van der Waals surface area (Å²) in [6.45, 7) is 1.96. The molecule has 1 heterocycles. The van der Waals surface area contributed by atoms with E-state index >= 15 is 4.39 Å². The molecule has 0 saturated carbocycles. The number of hydrogen-bond donors (Lipinski definition) is 3. The Morgan fingerprint density at radius 3 is 2.26 bits per heavy atom. The largest absolute Gasteiger partial charge is 0.480 e. The maximum absolute atomic E-state index is 15.1. The Hall–Kier alpha value is -5.85. The average molecular weight is 633 g/mol. The monoisotopic (exact) mass is 632 g/mol. The lowest BCUT2D eigenvalue weighted by atomic mass is 10.0. The van der Waals surface area contributed by atoms with E-state index < -0.39 is 47.3 Å². The number of carbonyl (C=O) groups is 3. The van der Waals surface area contributed by atoms with Crippen molar-refractivity contribution in [3.8, 4) is 22.5 Å². The number of amides is 2. The molecule has 234 valence electrons. The SMILES string of the molecule is Cc1ccc(-c2cccc(C(=O)NC(Cc3ccc(-c4noc(C(=O)Nc5ccc(C(F)(F)F)cc5)n4)c(F)c3)C(=O)O)c2)cc1. The zero-order valence-corrected chi connectivity index (χ0v) is 23.9. The normalized spacial score (nSPS) is 11.9. The van der Waals surface area contributed by atoms with E-state index in [4.69, 9.17) is 4.52 Å². The average Bonchev–Trinajstić information content (AvgIpc) is 3.51. The highest BCUT2D eigenvalue weighted by molar-refractivity contribution is 6.01. The molecule has 3 N–H and O–H groups in total. The molecule has 5 aromatic rings. The van der Waals surface area contributed by atoms with Crippen molar-refractivity contribution in [2.45, 2.75) is 25.6 Å². The van der Waals surface area contributed by atoms with Gasteiger partial charge in [-0.25, -0.2) is 9.18 Å². The lowest BCUT2D eigenvalue weighted by molar-refractivity contribution is -0.139. The van der Waals surface area contributed by atoms with Crippen LogP contribution in [0.25, 0.3) is 22.5 Å². The van der Waals surface area contributed by atoms with E-state index in [0.717, 1.165) is 47.0 Å². The summed E-state index contributed by atoms with van der Waals surface area (Å²) in [4.78, 5) is 41.3. The molecule has 1 aromatic heterocycles. The topological polar surface area (TPSA) is 134 Å². The van der Waals surface area contributed by atoms with Gasteiger partial charge in [0.05, 0.1) is 11.1 Å². The van der Waals surface area contributed by atoms with Gasteiger partial charge in [-0.05, 0) is 72.1 Å². The predicted molar refractivity (Wildman–Crippen MR) is 158 cm³/mol. The van der Waals surface area contributed by atoms with Gasteiger partial charge >= 0.3 is 23.9 Å². The minimum absolute atomic E-state index is 0.0346. The number of anilines is 1. The summed E-state index contributed by atoms with van der Waals surface area (Å²) < 4.78 is 58.3.